The Kier molecular flexibility index (Phi) is 5.59. The van der Waals surface area contributed by atoms with Gasteiger partial charge in [0.15, 0.2) is 6.23 Å². The van der Waals surface area contributed by atoms with Gasteiger partial charge >= 0.3 is 0 Å². The molecule has 0 aliphatic rings. The van der Waals surface area contributed by atoms with Crippen molar-refractivity contribution in [1.82, 2.24) is 9.88 Å². The summed E-state index contributed by atoms with van der Waals surface area (Å²) in [7, 11) is 0. The van der Waals surface area contributed by atoms with E-state index in [1.165, 1.54) is 28.8 Å². The van der Waals surface area contributed by atoms with Gasteiger partial charge in [0.2, 0.25) is 0 Å². The molecule has 2 N–H and O–H groups in total. The summed E-state index contributed by atoms with van der Waals surface area (Å²) < 4.78 is 14.6. The number of carbonyl (C=O) groups is 1. The van der Waals surface area contributed by atoms with Gasteiger partial charge in [-0.2, -0.15) is 0 Å². The molecule has 1 aromatic heterocycles. The second-order valence-corrected chi connectivity index (χ2v) is 7.43. The molecule has 0 unspecified atom stereocenters. The third-order valence-corrected chi connectivity index (χ3v) is 5.41. The van der Waals surface area contributed by atoms with Crippen molar-refractivity contribution in [1.29, 1.82) is 0 Å². The highest BCUT2D eigenvalue weighted by molar-refractivity contribution is 6.36. The van der Waals surface area contributed by atoms with Crippen molar-refractivity contribution < 1.29 is 14.3 Å². The van der Waals surface area contributed by atoms with Gasteiger partial charge in [-0.05, 0) is 37.3 Å². The summed E-state index contributed by atoms with van der Waals surface area (Å²) in [6, 6.07) is 19.0. The molecular weight excluding hydrogens is 419 g/mol. The number of benzene rings is 3. The molecule has 4 rings (SSSR count). The molecule has 7 heteroatoms. The first-order valence-corrected chi connectivity index (χ1v) is 9.90. The number of amides is 1. The van der Waals surface area contributed by atoms with Gasteiger partial charge in [-0.15, -0.1) is 0 Å². The molecular formula is C24H18ClFN2O3. The van der Waals surface area contributed by atoms with Crippen LogP contribution in [0.1, 0.15) is 27.8 Å². The lowest BCUT2D eigenvalue weighted by molar-refractivity contribution is 0.0784. The number of aliphatic hydroxyl groups excluding tert-OH is 1. The molecule has 0 spiro atoms. The van der Waals surface area contributed by atoms with Crippen molar-refractivity contribution in [3.05, 3.63) is 111 Å². The molecule has 4 aromatic rings. The Balaban J connectivity index is 1.89. The normalized spacial score (nSPS) is 12.0. The lowest BCUT2D eigenvalue weighted by Crippen LogP contribution is -2.32. The number of nitrogens with zero attached hydrogens (tertiary/aromatic N) is 1. The number of aliphatic hydroxyl groups is 1. The fourth-order valence-electron chi connectivity index (χ4n) is 3.62. The van der Waals surface area contributed by atoms with Crippen LogP contribution in [0.2, 0.25) is 5.02 Å². The van der Waals surface area contributed by atoms with Crippen molar-refractivity contribution in [2.24, 2.45) is 0 Å². The quantitative estimate of drug-likeness (QED) is 0.462. The van der Waals surface area contributed by atoms with Crippen LogP contribution in [0.25, 0.3) is 16.5 Å². The van der Waals surface area contributed by atoms with E-state index >= 15 is 0 Å². The van der Waals surface area contributed by atoms with E-state index in [0.29, 0.717) is 22.3 Å². The predicted octanol–water partition coefficient (Wildman–Crippen LogP) is 4.51. The number of pyridine rings is 1. The molecule has 0 radical (unpaired) electrons. The van der Waals surface area contributed by atoms with Gasteiger partial charge in [0.25, 0.3) is 11.5 Å². The topological polar surface area (TPSA) is 71.3 Å². The largest absolute Gasteiger partial charge is 0.369 e. The van der Waals surface area contributed by atoms with Crippen LogP contribution < -0.4 is 10.9 Å². The van der Waals surface area contributed by atoms with E-state index in [0.717, 1.165) is 0 Å². The van der Waals surface area contributed by atoms with Crippen molar-refractivity contribution in [3.8, 4) is 5.69 Å². The summed E-state index contributed by atoms with van der Waals surface area (Å²) in [6.45, 7) is 1.66. The maximum absolute atomic E-state index is 13.3. The Morgan fingerprint density at radius 1 is 1.03 bits per heavy atom. The molecule has 0 saturated carbocycles. The number of para-hydroxylation sites is 1. The van der Waals surface area contributed by atoms with Gasteiger partial charge in [-0.1, -0.05) is 54.1 Å². The van der Waals surface area contributed by atoms with Crippen molar-refractivity contribution >= 4 is 28.3 Å². The summed E-state index contributed by atoms with van der Waals surface area (Å²) >= 11 is 6.34. The number of fused-ring (bicyclic) bond motifs is 1. The lowest BCUT2D eigenvalue weighted by Gasteiger charge is -2.19. The Morgan fingerprint density at radius 3 is 2.39 bits per heavy atom. The van der Waals surface area contributed by atoms with Crippen LogP contribution >= 0.6 is 11.6 Å². The minimum atomic E-state index is -1.36. The molecule has 0 aliphatic carbocycles. The highest BCUT2D eigenvalue weighted by Gasteiger charge is 2.23. The van der Waals surface area contributed by atoms with Crippen LogP contribution in [0.4, 0.5) is 4.39 Å². The number of hydrogen-bond acceptors (Lipinski definition) is 3. The highest BCUT2D eigenvalue weighted by atomic mass is 35.5. The maximum Gasteiger partial charge on any atom is 0.264 e. The summed E-state index contributed by atoms with van der Waals surface area (Å²) in [5, 5.41) is 13.8. The molecule has 3 aromatic carbocycles. The van der Waals surface area contributed by atoms with Gasteiger partial charge in [0.1, 0.15) is 5.82 Å². The van der Waals surface area contributed by atoms with Crippen molar-refractivity contribution in [2.45, 2.75) is 13.2 Å². The van der Waals surface area contributed by atoms with Crippen molar-refractivity contribution in [2.75, 3.05) is 0 Å². The summed E-state index contributed by atoms with van der Waals surface area (Å²) in [6.07, 6.45) is -1.36. The molecule has 0 bridgehead atoms. The van der Waals surface area contributed by atoms with Crippen LogP contribution in [0.3, 0.4) is 0 Å². The van der Waals surface area contributed by atoms with Gasteiger partial charge in [0.05, 0.1) is 16.0 Å². The van der Waals surface area contributed by atoms with Gasteiger partial charge in [-0.25, -0.2) is 4.39 Å². The van der Waals surface area contributed by atoms with E-state index in [1.807, 2.05) is 6.07 Å². The van der Waals surface area contributed by atoms with E-state index in [9.17, 15) is 19.1 Å². The molecule has 1 amide bonds. The van der Waals surface area contributed by atoms with Crippen LogP contribution in [0.15, 0.2) is 77.6 Å². The summed E-state index contributed by atoms with van der Waals surface area (Å²) in [5.74, 6) is -1.04. The molecule has 5 nitrogen and oxygen atoms in total. The average molecular weight is 437 g/mol. The van der Waals surface area contributed by atoms with Crippen molar-refractivity contribution in [3.63, 3.8) is 0 Å². The Hall–Kier alpha value is -3.48. The molecule has 0 fully saturated rings. The number of nitrogens with one attached hydrogen (secondary N) is 1. The number of carbonyl (C=O) groups excluding carboxylic acids is 1. The zero-order valence-electron chi connectivity index (χ0n) is 16.5. The summed E-state index contributed by atoms with van der Waals surface area (Å²) in [5.41, 5.74) is 1.17. The second-order valence-electron chi connectivity index (χ2n) is 7.03. The van der Waals surface area contributed by atoms with Crippen LogP contribution in [0, 0.1) is 12.7 Å². The van der Waals surface area contributed by atoms with Gasteiger partial charge < -0.3 is 10.4 Å². The average Bonchev–Trinajstić information content (AvgIpc) is 2.75. The van der Waals surface area contributed by atoms with Gasteiger partial charge in [0, 0.05) is 22.3 Å². The SMILES string of the molecule is Cc1c(C(=O)N[C@@H](O)c2ccc(F)cc2)c2cccc(Cl)c2c(=O)n1-c1ccccc1. The highest BCUT2D eigenvalue weighted by Crippen LogP contribution is 2.27. The lowest BCUT2D eigenvalue weighted by atomic mass is 10.0. The number of rotatable bonds is 4. The van der Waals surface area contributed by atoms with Crippen LogP contribution in [-0.2, 0) is 0 Å². The molecule has 31 heavy (non-hydrogen) atoms. The third-order valence-electron chi connectivity index (χ3n) is 5.09. The van der Waals surface area contributed by atoms with E-state index < -0.39 is 18.0 Å². The Bertz CT molecular complexity index is 1340. The number of hydrogen-bond donors (Lipinski definition) is 2. The second kappa shape index (κ2) is 8.34. The first kappa shape index (κ1) is 20.8. The van der Waals surface area contributed by atoms with E-state index in [1.54, 1.807) is 49.4 Å². The van der Waals surface area contributed by atoms with E-state index in [4.69, 9.17) is 11.6 Å². The third kappa shape index (κ3) is 3.83. The molecule has 0 aliphatic heterocycles. The fourth-order valence-corrected chi connectivity index (χ4v) is 3.88. The zero-order valence-corrected chi connectivity index (χ0v) is 17.2. The molecule has 1 atom stereocenters. The monoisotopic (exact) mass is 436 g/mol. The first-order chi connectivity index (χ1) is 14.9. The van der Waals surface area contributed by atoms with Crippen LogP contribution in [-0.4, -0.2) is 15.6 Å². The first-order valence-electron chi connectivity index (χ1n) is 9.52. The molecule has 1 heterocycles. The van der Waals surface area contributed by atoms with E-state index in [-0.39, 0.29) is 21.5 Å². The minimum absolute atomic E-state index is 0.208. The molecule has 0 saturated heterocycles. The Morgan fingerprint density at radius 2 is 1.71 bits per heavy atom. The maximum atomic E-state index is 13.3. The molecule has 156 valence electrons. The number of aromatic nitrogens is 1. The smallest absolute Gasteiger partial charge is 0.264 e. The fraction of sp³-hybridized carbons (Fsp3) is 0.0833. The Labute approximate surface area is 182 Å². The number of halogens is 2. The standard InChI is InChI=1S/C24H18ClFN2O3/c1-14-20(23(30)27-22(29)15-10-12-16(26)13-11-15)18-8-5-9-19(25)21(18)24(31)28(14)17-6-3-2-4-7-17/h2-13,22,29H,1H3,(H,27,30)/t22-/m0/s1. The summed E-state index contributed by atoms with van der Waals surface area (Å²) in [4.78, 5) is 26.5. The minimum Gasteiger partial charge on any atom is -0.369 e. The van der Waals surface area contributed by atoms with Crippen LogP contribution in [0.5, 0.6) is 0 Å². The van der Waals surface area contributed by atoms with E-state index in [2.05, 4.69) is 5.32 Å². The zero-order chi connectivity index (χ0) is 22.1. The predicted molar refractivity (Wildman–Crippen MR) is 118 cm³/mol. The van der Waals surface area contributed by atoms with Gasteiger partial charge in [-0.3, -0.25) is 14.2 Å².